The molecule has 1 aliphatic carbocycles. The topological polar surface area (TPSA) is 38.7 Å². The van der Waals surface area contributed by atoms with Crippen LogP contribution in [0.5, 0.6) is 11.5 Å². The summed E-state index contributed by atoms with van der Waals surface area (Å²) in [5, 5.41) is 11.1. The Bertz CT molecular complexity index is 444. The maximum Gasteiger partial charge on any atom is 0.128 e. The van der Waals surface area contributed by atoms with E-state index < -0.39 is 5.60 Å². The van der Waals surface area contributed by atoms with Gasteiger partial charge in [-0.15, -0.1) is 0 Å². The largest absolute Gasteiger partial charge is 0.497 e. The number of rotatable bonds is 3. The van der Waals surface area contributed by atoms with Crippen molar-refractivity contribution in [1.29, 1.82) is 0 Å². The summed E-state index contributed by atoms with van der Waals surface area (Å²) in [5.74, 6) is 2.21. The minimum Gasteiger partial charge on any atom is -0.497 e. The summed E-state index contributed by atoms with van der Waals surface area (Å²) < 4.78 is 10.7. The maximum atomic E-state index is 11.1. The molecule has 1 fully saturated rings. The molecule has 3 atom stereocenters. The summed E-state index contributed by atoms with van der Waals surface area (Å²) in [6, 6.07) is 5.67. The van der Waals surface area contributed by atoms with Crippen molar-refractivity contribution in [2.75, 3.05) is 14.2 Å². The second-order valence-corrected chi connectivity index (χ2v) is 5.65. The van der Waals surface area contributed by atoms with Crippen LogP contribution in [-0.2, 0) is 5.60 Å². The minimum atomic E-state index is -0.796. The zero-order valence-corrected chi connectivity index (χ0v) is 12.3. The Labute approximate surface area is 115 Å². The van der Waals surface area contributed by atoms with Gasteiger partial charge < -0.3 is 14.6 Å². The first kappa shape index (κ1) is 14.2. The van der Waals surface area contributed by atoms with Crippen molar-refractivity contribution in [3.8, 4) is 11.5 Å². The van der Waals surface area contributed by atoms with Crippen LogP contribution in [-0.4, -0.2) is 19.3 Å². The molecule has 3 heteroatoms. The van der Waals surface area contributed by atoms with E-state index in [2.05, 4.69) is 13.8 Å². The van der Waals surface area contributed by atoms with E-state index in [1.54, 1.807) is 14.2 Å². The van der Waals surface area contributed by atoms with Crippen LogP contribution in [0.25, 0.3) is 0 Å². The third-order valence-corrected chi connectivity index (χ3v) is 4.70. The highest BCUT2D eigenvalue weighted by molar-refractivity contribution is 5.44. The average Bonchev–Trinajstić information content (AvgIpc) is 2.44. The van der Waals surface area contributed by atoms with Gasteiger partial charge in [0, 0.05) is 11.6 Å². The van der Waals surface area contributed by atoms with Crippen LogP contribution in [0.4, 0.5) is 0 Å². The van der Waals surface area contributed by atoms with Crippen molar-refractivity contribution in [2.45, 2.75) is 38.7 Å². The standard InChI is InChI=1S/C16H24O3/c1-11-6-5-9-16(17,12(11)2)14-8-7-13(18-3)10-15(14)19-4/h7-8,10-12,17H,5-6,9H2,1-4H3. The smallest absolute Gasteiger partial charge is 0.128 e. The molecule has 106 valence electrons. The minimum absolute atomic E-state index is 0.226. The van der Waals surface area contributed by atoms with E-state index in [1.165, 1.54) is 6.42 Å². The monoisotopic (exact) mass is 264 g/mol. The highest BCUT2D eigenvalue weighted by atomic mass is 16.5. The molecule has 0 aliphatic heterocycles. The van der Waals surface area contributed by atoms with Crippen LogP contribution in [0.15, 0.2) is 18.2 Å². The van der Waals surface area contributed by atoms with Crippen molar-refractivity contribution in [3.05, 3.63) is 23.8 Å². The molecule has 0 saturated heterocycles. The second kappa shape index (κ2) is 5.41. The molecule has 1 aromatic rings. The average molecular weight is 264 g/mol. The van der Waals surface area contributed by atoms with Gasteiger partial charge in [-0.3, -0.25) is 0 Å². The Morgan fingerprint density at radius 3 is 2.58 bits per heavy atom. The first-order valence-electron chi connectivity index (χ1n) is 6.97. The van der Waals surface area contributed by atoms with Gasteiger partial charge in [0.25, 0.3) is 0 Å². The van der Waals surface area contributed by atoms with E-state index in [0.717, 1.165) is 24.2 Å². The van der Waals surface area contributed by atoms with E-state index in [4.69, 9.17) is 9.47 Å². The van der Waals surface area contributed by atoms with Gasteiger partial charge in [0.2, 0.25) is 0 Å². The second-order valence-electron chi connectivity index (χ2n) is 5.65. The van der Waals surface area contributed by atoms with E-state index in [-0.39, 0.29) is 5.92 Å². The van der Waals surface area contributed by atoms with Gasteiger partial charge in [0.15, 0.2) is 0 Å². The first-order valence-corrected chi connectivity index (χ1v) is 6.97. The lowest BCUT2D eigenvalue weighted by Gasteiger charge is -2.42. The third kappa shape index (κ3) is 2.44. The Morgan fingerprint density at radius 1 is 1.21 bits per heavy atom. The molecule has 0 amide bonds. The van der Waals surface area contributed by atoms with Crippen molar-refractivity contribution < 1.29 is 14.6 Å². The predicted octanol–water partition coefficient (Wildman–Crippen LogP) is 3.35. The Hall–Kier alpha value is -1.22. The lowest BCUT2D eigenvalue weighted by atomic mass is 9.67. The highest BCUT2D eigenvalue weighted by Crippen LogP contribution is 2.47. The Morgan fingerprint density at radius 2 is 1.95 bits per heavy atom. The molecule has 0 heterocycles. The number of benzene rings is 1. The van der Waals surface area contributed by atoms with Gasteiger partial charge in [-0.2, -0.15) is 0 Å². The Balaban J connectivity index is 2.44. The lowest BCUT2D eigenvalue weighted by Crippen LogP contribution is -2.40. The normalized spacial score (nSPS) is 31.0. The van der Waals surface area contributed by atoms with Crippen LogP contribution < -0.4 is 9.47 Å². The van der Waals surface area contributed by atoms with Crippen LogP contribution in [0.3, 0.4) is 0 Å². The zero-order valence-electron chi connectivity index (χ0n) is 12.3. The summed E-state index contributed by atoms with van der Waals surface area (Å²) in [4.78, 5) is 0. The SMILES string of the molecule is COc1ccc(C2(O)CCCC(C)C2C)c(OC)c1. The van der Waals surface area contributed by atoms with Crippen molar-refractivity contribution >= 4 is 0 Å². The fourth-order valence-electron chi connectivity index (χ4n) is 3.18. The van der Waals surface area contributed by atoms with Crippen molar-refractivity contribution in [3.63, 3.8) is 0 Å². The molecule has 19 heavy (non-hydrogen) atoms. The van der Waals surface area contributed by atoms with E-state index in [0.29, 0.717) is 11.7 Å². The molecule has 2 rings (SSSR count). The molecule has 0 bridgehead atoms. The van der Waals surface area contributed by atoms with Gasteiger partial charge >= 0.3 is 0 Å². The van der Waals surface area contributed by atoms with E-state index >= 15 is 0 Å². The molecule has 1 N–H and O–H groups in total. The molecule has 1 aliphatic rings. The molecule has 1 saturated carbocycles. The first-order chi connectivity index (χ1) is 9.02. The molecular formula is C16H24O3. The fraction of sp³-hybridized carbons (Fsp3) is 0.625. The van der Waals surface area contributed by atoms with Crippen LogP contribution >= 0.6 is 0 Å². The maximum absolute atomic E-state index is 11.1. The fourth-order valence-corrected chi connectivity index (χ4v) is 3.18. The predicted molar refractivity (Wildman–Crippen MR) is 75.6 cm³/mol. The highest BCUT2D eigenvalue weighted by Gasteiger charge is 2.42. The lowest BCUT2D eigenvalue weighted by molar-refractivity contribution is -0.0702. The molecule has 3 nitrogen and oxygen atoms in total. The van der Waals surface area contributed by atoms with Crippen LogP contribution in [0, 0.1) is 11.8 Å². The number of hydrogen-bond donors (Lipinski definition) is 1. The van der Waals surface area contributed by atoms with Gasteiger partial charge in [-0.05, 0) is 36.8 Å². The summed E-state index contributed by atoms with van der Waals surface area (Å²) in [5.41, 5.74) is 0.0878. The van der Waals surface area contributed by atoms with Gasteiger partial charge in [-0.1, -0.05) is 20.3 Å². The summed E-state index contributed by atoms with van der Waals surface area (Å²) >= 11 is 0. The molecule has 0 radical (unpaired) electrons. The number of aliphatic hydroxyl groups is 1. The third-order valence-electron chi connectivity index (χ3n) is 4.70. The van der Waals surface area contributed by atoms with E-state index in [9.17, 15) is 5.11 Å². The van der Waals surface area contributed by atoms with Crippen LogP contribution in [0.2, 0.25) is 0 Å². The molecule has 3 unspecified atom stereocenters. The van der Waals surface area contributed by atoms with Gasteiger partial charge in [0.05, 0.1) is 19.8 Å². The summed E-state index contributed by atoms with van der Waals surface area (Å²) in [6.07, 6.45) is 3.03. The zero-order chi connectivity index (χ0) is 14.0. The van der Waals surface area contributed by atoms with Gasteiger partial charge in [-0.25, -0.2) is 0 Å². The molecule has 1 aromatic carbocycles. The van der Waals surface area contributed by atoms with Crippen LogP contribution in [0.1, 0.15) is 38.7 Å². The molecule has 0 aromatic heterocycles. The Kier molecular flexibility index (Phi) is 4.04. The molecular weight excluding hydrogens is 240 g/mol. The van der Waals surface area contributed by atoms with Gasteiger partial charge in [0.1, 0.15) is 11.5 Å². The molecule has 0 spiro atoms. The quantitative estimate of drug-likeness (QED) is 0.910. The van der Waals surface area contributed by atoms with E-state index in [1.807, 2.05) is 18.2 Å². The number of ether oxygens (including phenoxy) is 2. The van der Waals surface area contributed by atoms with Crippen molar-refractivity contribution in [1.82, 2.24) is 0 Å². The number of methoxy groups -OCH3 is 2. The number of hydrogen-bond acceptors (Lipinski definition) is 3. The van der Waals surface area contributed by atoms with Crippen molar-refractivity contribution in [2.24, 2.45) is 11.8 Å². The summed E-state index contributed by atoms with van der Waals surface area (Å²) in [6.45, 7) is 4.35. The summed E-state index contributed by atoms with van der Waals surface area (Å²) in [7, 11) is 3.27.